The number of hydrogen-bond donors (Lipinski definition) is 1. The summed E-state index contributed by atoms with van der Waals surface area (Å²) in [6, 6.07) is 5.02. The first-order valence-corrected chi connectivity index (χ1v) is 5.67. The van der Waals surface area contributed by atoms with Gasteiger partial charge in [0.25, 0.3) is 12.5 Å². The third kappa shape index (κ3) is 3.16. The topological polar surface area (TPSA) is 101 Å². The molecule has 1 amide bonds. The lowest BCUT2D eigenvalue weighted by molar-refractivity contribution is -0.750. The van der Waals surface area contributed by atoms with Crippen LogP contribution in [0.5, 0.6) is 17.4 Å². The number of carbonyl (C=O) groups is 1. The summed E-state index contributed by atoms with van der Waals surface area (Å²) in [5.41, 5.74) is 0.461. The van der Waals surface area contributed by atoms with Crippen molar-refractivity contribution in [2.75, 3.05) is 19.5 Å². The number of hydrogen-bond acceptors (Lipinski definition) is 6. The van der Waals surface area contributed by atoms with Crippen LogP contribution in [0.25, 0.3) is 0 Å². The number of carbonyl (C=O) groups excluding carboxylic acids is 1. The third-order valence-electron chi connectivity index (χ3n) is 2.48. The highest BCUT2D eigenvalue weighted by atomic mass is 16.6. The molecule has 0 radical (unpaired) electrons. The Labute approximate surface area is 114 Å². The minimum absolute atomic E-state index is 0.147. The molecule has 1 heterocycles. The first-order valence-electron chi connectivity index (χ1n) is 5.67. The van der Waals surface area contributed by atoms with Gasteiger partial charge in [0, 0.05) is 6.07 Å². The number of benzene rings is 1. The molecule has 106 valence electrons. The number of methoxy groups -OCH3 is 2. The first-order chi connectivity index (χ1) is 9.62. The molecule has 0 fully saturated rings. The maximum atomic E-state index is 11.8. The van der Waals surface area contributed by atoms with Crippen molar-refractivity contribution in [1.29, 1.82) is 0 Å². The van der Waals surface area contributed by atoms with E-state index < -0.39 is 5.95 Å². The van der Waals surface area contributed by atoms with Crippen molar-refractivity contribution < 1.29 is 28.6 Å². The zero-order valence-corrected chi connectivity index (χ0v) is 11.0. The standard InChI is InChI=1S/C12H13N3O5/c1-18-8-3-4-10(19-2)9(5-8)13-11(16)6-15-7-12(17)20-14-15/h3-5,7H,6H2,1-2H3,(H-,13,14,16,17). The number of rotatable bonds is 5. The fourth-order valence-electron chi connectivity index (χ4n) is 1.58. The fourth-order valence-corrected chi connectivity index (χ4v) is 1.58. The normalized spacial score (nSPS) is 10.1. The van der Waals surface area contributed by atoms with E-state index in [-0.39, 0.29) is 12.5 Å². The maximum absolute atomic E-state index is 11.8. The van der Waals surface area contributed by atoms with Crippen LogP contribution in [0.4, 0.5) is 5.69 Å². The summed E-state index contributed by atoms with van der Waals surface area (Å²) in [6.45, 7) is -0.147. The van der Waals surface area contributed by atoms with E-state index in [1.165, 1.54) is 14.2 Å². The van der Waals surface area contributed by atoms with Gasteiger partial charge in [-0.1, -0.05) is 4.68 Å². The SMILES string of the molecule is COc1ccc(OC)c(NC(=O)C[n+]2cc([O-])on2)c1. The second-order valence-electron chi connectivity index (χ2n) is 3.83. The summed E-state index contributed by atoms with van der Waals surface area (Å²) in [4.78, 5) is 11.8. The van der Waals surface area contributed by atoms with Crippen LogP contribution < -0.4 is 24.6 Å². The fraction of sp³-hybridized carbons (Fsp3) is 0.250. The minimum atomic E-state index is -0.614. The van der Waals surface area contributed by atoms with Gasteiger partial charge in [0.15, 0.2) is 0 Å². The zero-order valence-electron chi connectivity index (χ0n) is 11.0. The van der Waals surface area contributed by atoms with Gasteiger partial charge < -0.3 is 24.4 Å². The highest BCUT2D eigenvalue weighted by molar-refractivity contribution is 5.91. The Bertz CT molecular complexity index is 611. The number of amides is 1. The van der Waals surface area contributed by atoms with Gasteiger partial charge in [0.2, 0.25) is 6.20 Å². The molecule has 0 aliphatic carbocycles. The lowest BCUT2D eigenvalue weighted by Gasteiger charge is -2.10. The van der Waals surface area contributed by atoms with E-state index in [1.54, 1.807) is 18.2 Å². The Morgan fingerprint density at radius 2 is 2.25 bits per heavy atom. The van der Waals surface area contributed by atoms with Gasteiger partial charge in [0.05, 0.1) is 25.2 Å². The Kier molecular flexibility index (Phi) is 4.04. The van der Waals surface area contributed by atoms with E-state index in [1.807, 2.05) is 0 Å². The molecule has 8 heteroatoms. The van der Waals surface area contributed by atoms with Gasteiger partial charge in [-0.3, -0.25) is 4.79 Å². The van der Waals surface area contributed by atoms with Crippen molar-refractivity contribution in [1.82, 2.24) is 5.27 Å². The Hall–Kier alpha value is -2.77. The molecular weight excluding hydrogens is 266 g/mol. The summed E-state index contributed by atoms with van der Waals surface area (Å²) in [5.74, 6) is 0.0810. The number of anilines is 1. The van der Waals surface area contributed by atoms with E-state index >= 15 is 0 Å². The van der Waals surface area contributed by atoms with Crippen LogP contribution in [-0.4, -0.2) is 25.4 Å². The van der Waals surface area contributed by atoms with Gasteiger partial charge in [-0.15, -0.1) is 0 Å². The molecule has 0 aliphatic heterocycles. The van der Waals surface area contributed by atoms with Crippen molar-refractivity contribution in [3.63, 3.8) is 0 Å². The molecular formula is C12H13N3O5. The van der Waals surface area contributed by atoms with Crippen molar-refractivity contribution in [3.05, 3.63) is 24.4 Å². The Morgan fingerprint density at radius 3 is 2.85 bits per heavy atom. The van der Waals surface area contributed by atoms with E-state index in [4.69, 9.17) is 9.47 Å². The molecule has 0 saturated heterocycles. The monoisotopic (exact) mass is 279 g/mol. The molecule has 0 saturated carbocycles. The third-order valence-corrected chi connectivity index (χ3v) is 2.48. The highest BCUT2D eigenvalue weighted by Crippen LogP contribution is 2.28. The predicted octanol–water partition coefficient (Wildman–Crippen LogP) is -0.308. The van der Waals surface area contributed by atoms with Crippen LogP contribution in [0.2, 0.25) is 0 Å². The van der Waals surface area contributed by atoms with Crippen LogP contribution in [0.1, 0.15) is 0 Å². The molecule has 0 aliphatic rings. The number of ether oxygens (including phenoxy) is 2. The summed E-state index contributed by atoms with van der Waals surface area (Å²) in [7, 11) is 3.02. The van der Waals surface area contributed by atoms with Crippen LogP contribution in [0.15, 0.2) is 28.9 Å². The Balaban J connectivity index is 2.10. The summed E-state index contributed by atoms with van der Waals surface area (Å²) < 4.78 is 15.6. The van der Waals surface area contributed by atoms with E-state index in [0.29, 0.717) is 17.2 Å². The predicted molar refractivity (Wildman–Crippen MR) is 64.3 cm³/mol. The molecule has 0 bridgehead atoms. The van der Waals surface area contributed by atoms with Crippen LogP contribution in [0.3, 0.4) is 0 Å². The smallest absolute Gasteiger partial charge is 0.293 e. The van der Waals surface area contributed by atoms with Crippen molar-refractivity contribution >= 4 is 11.6 Å². The van der Waals surface area contributed by atoms with Crippen molar-refractivity contribution in [2.45, 2.75) is 6.54 Å². The molecule has 1 aromatic carbocycles. The molecule has 0 spiro atoms. The lowest BCUT2D eigenvalue weighted by atomic mass is 10.2. The summed E-state index contributed by atoms with van der Waals surface area (Å²) in [5, 5.41) is 16.8. The summed E-state index contributed by atoms with van der Waals surface area (Å²) in [6.07, 6.45) is 1.09. The van der Waals surface area contributed by atoms with Gasteiger partial charge in [0.1, 0.15) is 17.4 Å². The average molecular weight is 279 g/mol. The molecule has 2 rings (SSSR count). The van der Waals surface area contributed by atoms with Gasteiger partial charge >= 0.3 is 0 Å². The molecule has 1 N–H and O–H groups in total. The minimum Gasteiger partial charge on any atom is -0.539 e. The number of nitrogens with zero attached hydrogens (tertiary/aromatic N) is 2. The van der Waals surface area contributed by atoms with Crippen LogP contribution in [-0.2, 0) is 11.3 Å². The van der Waals surface area contributed by atoms with Crippen LogP contribution in [0, 0.1) is 0 Å². The van der Waals surface area contributed by atoms with Gasteiger partial charge in [-0.05, 0) is 12.1 Å². The van der Waals surface area contributed by atoms with E-state index in [0.717, 1.165) is 10.9 Å². The highest BCUT2D eigenvalue weighted by Gasteiger charge is 2.14. The molecule has 20 heavy (non-hydrogen) atoms. The van der Waals surface area contributed by atoms with E-state index in [9.17, 15) is 9.90 Å². The molecule has 2 aromatic rings. The van der Waals surface area contributed by atoms with Gasteiger partial charge in [-0.2, -0.15) is 0 Å². The van der Waals surface area contributed by atoms with Crippen LogP contribution >= 0.6 is 0 Å². The number of nitrogens with one attached hydrogen (secondary N) is 1. The van der Waals surface area contributed by atoms with Crippen molar-refractivity contribution in [3.8, 4) is 17.4 Å². The quantitative estimate of drug-likeness (QED) is 0.754. The second kappa shape index (κ2) is 5.91. The van der Waals surface area contributed by atoms with E-state index in [2.05, 4.69) is 15.1 Å². The summed E-state index contributed by atoms with van der Waals surface area (Å²) >= 11 is 0. The first kappa shape index (κ1) is 13.7. The largest absolute Gasteiger partial charge is 0.539 e. The molecule has 0 atom stereocenters. The second-order valence-corrected chi connectivity index (χ2v) is 3.83. The Morgan fingerprint density at radius 1 is 1.45 bits per heavy atom. The number of aromatic nitrogens is 2. The lowest BCUT2D eigenvalue weighted by Crippen LogP contribution is -2.41. The zero-order chi connectivity index (χ0) is 14.5. The van der Waals surface area contributed by atoms with Gasteiger partial charge in [-0.25, -0.2) is 0 Å². The van der Waals surface area contributed by atoms with Crippen molar-refractivity contribution in [2.24, 2.45) is 0 Å². The molecule has 8 nitrogen and oxygen atoms in total. The average Bonchev–Trinajstić information content (AvgIpc) is 2.83. The molecule has 0 unspecified atom stereocenters. The molecule has 1 aromatic heterocycles. The maximum Gasteiger partial charge on any atom is 0.293 e.